The molecule has 31 heavy (non-hydrogen) atoms. The van der Waals surface area contributed by atoms with E-state index in [-0.39, 0.29) is 36.0 Å². The summed E-state index contributed by atoms with van der Waals surface area (Å²) in [4.78, 5) is 16.7. The first-order chi connectivity index (χ1) is 14.8. The molecule has 2 aromatic carbocycles. The van der Waals surface area contributed by atoms with Crippen molar-refractivity contribution in [1.82, 2.24) is 4.90 Å². The predicted molar refractivity (Wildman–Crippen MR) is 120 cm³/mol. The lowest BCUT2D eigenvalue weighted by Gasteiger charge is -2.43. The molecule has 0 bridgehead atoms. The van der Waals surface area contributed by atoms with Gasteiger partial charge in [-0.2, -0.15) is 0 Å². The topological polar surface area (TPSA) is 76.2 Å². The van der Waals surface area contributed by atoms with Gasteiger partial charge in [-0.15, -0.1) is 0 Å². The molecule has 166 valence electrons. The van der Waals surface area contributed by atoms with E-state index in [0.717, 1.165) is 22.6 Å². The van der Waals surface area contributed by atoms with Gasteiger partial charge >= 0.3 is 0 Å². The monoisotopic (exact) mass is 444 g/mol. The number of sulfone groups is 1. The molecule has 7 nitrogen and oxygen atoms in total. The van der Waals surface area contributed by atoms with E-state index in [0.29, 0.717) is 18.9 Å². The molecule has 2 heterocycles. The number of benzene rings is 2. The van der Waals surface area contributed by atoms with Crippen molar-refractivity contribution in [3.8, 4) is 11.5 Å². The van der Waals surface area contributed by atoms with Gasteiger partial charge in [-0.25, -0.2) is 8.42 Å². The van der Waals surface area contributed by atoms with Crippen LogP contribution >= 0.6 is 0 Å². The largest absolute Gasteiger partial charge is 0.497 e. The average Bonchev–Trinajstić information content (AvgIpc) is 3.06. The van der Waals surface area contributed by atoms with Crippen molar-refractivity contribution in [3.63, 3.8) is 0 Å². The number of nitrogens with zero attached hydrogens (tertiary/aromatic N) is 2. The van der Waals surface area contributed by atoms with E-state index in [9.17, 15) is 13.2 Å². The fourth-order valence-electron chi connectivity index (χ4n) is 4.37. The Bertz CT molecular complexity index is 1070. The van der Waals surface area contributed by atoms with Crippen molar-refractivity contribution >= 4 is 21.4 Å². The maximum Gasteiger partial charge on any atom is 0.241 e. The third-order valence-corrected chi connectivity index (χ3v) is 7.88. The molecule has 2 atom stereocenters. The molecule has 2 aromatic rings. The normalized spacial score (nSPS) is 22.9. The molecule has 4 rings (SSSR count). The Hall–Kier alpha value is -2.58. The molecule has 0 saturated carbocycles. The van der Waals surface area contributed by atoms with Gasteiger partial charge in [0, 0.05) is 18.3 Å². The first-order valence-electron chi connectivity index (χ1n) is 10.4. The Balaban J connectivity index is 1.49. The first kappa shape index (κ1) is 21.6. The van der Waals surface area contributed by atoms with Crippen LogP contribution in [0.15, 0.2) is 42.5 Å². The summed E-state index contributed by atoms with van der Waals surface area (Å²) in [6, 6.07) is 12.5. The number of piperazine rings is 1. The predicted octanol–water partition coefficient (Wildman–Crippen LogP) is 2.21. The van der Waals surface area contributed by atoms with Gasteiger partial charge in [-0.05, 0) is 61.4 Å². The highest BCUT2D eigenvalue weighted by molar-refractivity contribution is 7.91. The number of ether oxygens (including phenoxy) is 2. The van der Waals surface area contributed by atoms with Crippen LogP contribution in [0.25, 0.3) is 0 Å². The summed E-state index contributed by atoms with van der Waals surface area (Å²) in [6.45, 7) is 5.04. The molecule has 2 saturated heterocycles. The number of hydrogen-bond acceptors (Lipinski definition) is 6. The van der Waals surface area contributed by atoms with E-state index >= 15 is 0 Å². The molecule has 0 aromatic heterocycles. The average molecular weight is 445 g/mol. The van der Waals surface area contributed by atoms with Crippen LogP contribution in [0.2, 0.25) is 0 Å². The van der Waals surface area contributed by atoms with Gasteiger partial charge in [0.05, 0.1) is 31.2 Å². The van der Waals surface area contributed by atoms with Crippen molar-refractivity contribution in [2.45, 2.75) is 25.9 Å². The number of aryl methyl sites for hydroxylation is 2. The second-order valence-electron chi connectivity index (χ2n) is 8.24. The molecule has 0 N–H and O–H groups in total. The van der Waals surface area contributed by atoms with Crippen molar-refractivity contribution in [3.05, 3.63) is 53.6 Å². The molecule has 1 amide bonds. The van der Waals surface area contributed by atoms with Gasteiger partial charge in [0.25, 0.3) is 0 Å². The Morgan fingerprint density at radius 2 is 1.65 bits per heavy atom. The van der Waals surface area contributed by atoms with Crippen molar-refractivity contribution in [2.75, 3.05) is 43.2 Å². The third-order valence-electron chi connectivity index (χ3n) is 6.18. The molecular weight excluding hydrogens is 416 g/mol. The number of carbonyl (C=O) groups excluding carboxylic acids is 1. The molecule has 2 aliphatic heterocycles. The number of methoxy groups -OCH3 is 1. The zero-order chi connectivity index (χ0) is 22.2. The smallest absolute Gasteiger partial charge is 0.241 e. The van der Waals surface area contributed by atoms with E-state index in [1.54, 1.807) is 12.0 Å². The highest BCUT2D eigenvalue weighted by Crippen LogP contribution is 2.32. The molecule has 0 radical (unpaired) electrons. The van der Waals surface area contributed by atoms with Crippen LogP contribution in [0, 0.1) is 13.8 Å². The van der Waals surface area contributed by atoms with E-state index in [1.807, 2.05) is 61.2 Å². The zero-order valence-corrected chi connectivity index (χ0v) is 18.9. The van der Waals surface area contributed by atoms with Crippen LogP contribution in [-0.4, -0.2) is 69.6 Å². The van der Waals surface area contributed by atoms with E-state index in [1.165, 1.54) is 0 Å². The maximum absolute atomic E-state index is 13.1. The minimum Gasteiger partial charge on any atom is -0.497 e. The standard InChI is InChI=1S/C23H28N2O5S/c1-16-4-5-18(12-17(16)2)25-22-15-31(27,28)14-21(22)24(13-23(25)26)10-11-30-20-8-6-19(29-3)7-9-20/h4-9,12,21-22H,10-11,13-15H2,1-3H3/t21-,22+/m0/s1. The highest BCUT2D eigenvalue weighted by Gasteiger charge is 2.49. The van der Waals surface area contributed by atoms with Crippen LogP contribution in [0.1, 0.15) is 11.1 Å². The van der Waals surface area contributed by atoms with Gasteiger partial charge in [0.1, 0.15) is 18.1 Å². The third kappa shape index (κ3) is 4.55. The Morgan fingerprint density at radius 1 is 0.968 bits per heavy atom. The second-order valence-corrected chi connectivity index (χ2v) is 10.4. The van der Waals surface area contributed by atoms with E-state index in [4.69, 9.17) is 9.47 Å². The van der Waals surface area contributed by atoms with Gasteiger partial charge in [0.2, 0.25) is 5.91 Å². The summed E-state index contributed by atoms with van der Waals surface area (Å²) in [6.07, 6.45) is 0. The number of rotatable bonds is 6. The molecule has 0 spiro atoms. The molecule has 2 aliphatic rings. The maximum atomic E-state index is 13.1. The molecule has 8 heteroatoms. The number of hydrogen-bond donors (Lipinski definition) is 0. The van der Waals surface area contributed by atoms with E-state index in [2.05, 4.69) is 0 Å². The number of carbonyl (C=O) groups is 1. The van der Waals surface area contributed by atoms with Crippen LogP contribution in [0.5, 0.6) is 11.5 Å². The molecular formula is C23H28N2O5S. The summed E-state index contributed by atoms with van der Waals surface area (Å²) in [7, 11) is -1.61. The number of amides is 1. The SMILES string of the molecule is COc1ccc(OCCN2CC(=O)N(c3ccc(C)c(C)c3)[C@@H]3CS(=O)(=O)C[C@@H]32)cc1. The lowest BCUT2D eigenvalue weighted by molar-refractivity contribution is -0.123. The minimum absolute atomic E-state index is 0.00777. The molecule has 2 fully saturated rings. The summed E-state index contributed by atoms with van der Waals surface area (Å²) < 4.78 is 35.9. The minimum atomic E-state index is -3.22. The van der Waals surface area contributed by atoms with Gasteiger partial charge in [-0.1, -0.05) is 6.07 Å². The molecule has 0 aliphatic carbocycles. The van der Waals surface area contributed by atoms with Crippen LogP contribution in [0.3, 0.4) is 0 Å². The Morgan fingerprint density at radius 3 is 2.32 bits per heavy atom. The lowest BCUT2D eigenvalue weighted by Crippen LogP contribution is -2.62. The van der Waals surface area contributed by atoms with Crippen LogP contribution < -0.4 is 14.4 Å². The van der Waals surface area contributed by atoms with Gasteiger partial charge in [-0.3, -0.25) is 9.69 Å². The quantitative estimate of drug-likeness (QED) is 0.680. The van der Waals surface area contributed by atoms with E-state index < -0.39 is 9.84 Å². The highest BCUT2D eigenvalue weighted by atomic mass is 32.2. The van der Waals surface area contributed by atoms with Crippen molar-refractivity contribution < 1.29 is 22.7 Å². The van der Waals surface area contributed by atoms with Crippen LogP contribution in [-0.2, 0) is 14.6 Å². The van der Waals surface area contributed by atoms with Crippen LogP contribution in [0.4, 0.5) is 5.69 Å². The zero-order valence-electron chi connectivity index (χ0n) is 18.1. The number of fused-ring (bicyclic) bond motifs is 1. The first-order valence-corrected chi connectivity index (χ1v) is 12.2. The summed E-state index contributed by atoms with van der Waals surface area (Å²) in [5.74, 6) is 1.43. The second kappa shape index (κ2) is 8.51. The summed E-state index contributed by atoms with van der Waals surface area (Å²) in [5.41, 5.74) is 2.99. The fraction of sp³-hybridized carbons (Fsp3) is 0.435. The Labute approximate surface area is 183 Å². The number of anilines is 1. The Kier molecular flexibility index (Phi) is 5.94. The summed E-state index contributed by atoms with van der Waals surface area (Å²) >= 11 is 0. The van der Waals surface area contributed by atoms with Crippen molar-refractivity contribution in [2.24, 2.45) is 0 Å². The van der Waals surface area contributed by atoms with Gasteiger partial charge < -0.3 is 14.4 Å². The van der Waals surface area contributed by atoms with Crippen molar-refractivity contribution in [1.29, 1.82) is 0 Å². The van der Waals surface area contributed by atoms with Gasteiger partial charge in [0.15, 0.2) is 9.84 Å². The lowest BCUT2D eigenvalue weighted by atomic mass is 10.0. The fourth-order valence-corrected chi connectivity index (χ4v) is 6.35. The molecule has 0 unspecified atom stereocenters. The summed E-state index contributed by atoms with van der Waals surface area (Å²) in [5, 5.41) is 0.